The average Bonchev–Trinajstić information content (AvgIpc) is 2.79. The van der Waals surface area contributed by atoms with E-state index in [4.69, 9.17) is 26.1 Å². The second-order valence-electron chi connectivity index (χ2n) is 7.08. The number of thioether (sulfide) groups is 1. The fourth-order valence-corrected chi connectivity index (χ4v) is 3.99. The van der Waals surface area contributed by atoms with Crippen molar-refractivity contribution in [2.45, 2.75) is 20.0 Å². The minimum Gasteiger partial charge on any atom is -0.497 e. The number of benzene rings is 3. The predicted octanol–water partition coefficient (Wildman–Crippen LogP) is 6.72. The molecule has 0 saturated carbocycles. The second kappa shape index (κ2) is 11.1. The normalized spacial score (nSPS) is 11.3. The van der Waals surface area contributed by atoms with Crippen LogP contribution in [0.4, 0.5) is 5.69 Å². The molecule has 3 rings (SSSR count). The smallest absolute Gasteiger partial charge is 0.164 e. The van der Waals surface area contributed by atoms with Crippen molar-refractivity contribution in [3.05, 3.63) is 88.4 Å². The van der Waals surface area contributed by atoms with E-state index in [-0.39, 0.29) is 0 Å². The molecule has 0 aliphatic carbocycles. The molecule has 0 radical (unpaired) electrons. The number of ether oxygens (including phenoxy) is 2. The van der Waals surface area contributed by atoms with Crippen molar-refractivity contribution in [3.63, 3.8) is 0 Å². The topological polar surface area (TPSA) is 34.1 Å². The van der Waals surface area contributed by atoms with Gasteiger partial charge < -0.3 is 14.4 Å². The summed E-state index contributed by atoms with van der Waals surface area (Å²) in [7, 11) is 3.36. The van der Waals surface area contributed by atoms with E-state index in [1.54, 1.807) is 26.0 Å². The highest BCUT2D eigenvalue weighted by molar-refractivity contribution is 8.13. The van der Waals surface area contributed by atoms with Gasteiger partial charge in [-0.2, -0.15) is 0 Å². The summed E-state index contributed by atoms with van der Waals surface area (Å²) in [5.41, 5.74) is 4.34. The lowest BCUT2D eigenvalue weighted by molar-refractivity contribution is 0.405. The molecule has 0 N–H and O–H groups in total. The minimum absolute atomic E-state index is 0.718. The third-order valence-electron chi connectivity index (χ3n) is 4.89. The fraction of sp³-hybridized carbons (Fsp3) is 0.240. The summed E-state index contributed by atoms with van der Waals surface area (Å²) in [5.74, 6) is 1.70. The molecule has 0 heterocycles. The summed E-state index contributed by atoms with van der Waals surface area (Å²) < 4.78 is 10.6. The maximum Gasteiger partial charge on any atom is 0.164 e. The van der Waals surface area contributed by atoms with Gasteiger partial charge in [-0.1, -0.05) is 47.6 Å². The summed E-state index contributed by atoms with van der Waals surface area (Å²) in [5, 5.41) is 1.66. The first-order valence-electron chi connectivity index (χ1n) is 9.92. The third kappa shape index (κ3) is 6.42. The molecule has 3 aromatic carbocycles. The van der Waals surface area contributed by atoms with Crippen molar-refractivity contribution in [2.24, 2.45) is 4.99 Å². The van der Waals surface area contributed by atoms with Crippen LogP contribution in [0.1, 0.15) is 16.7 Å². The molecule has 0 spiro atoms. The van der Waals surface area contributed by atoms with Gasteiger partial charge in [-0.3, -0.25) is 0 Å². The molecule has 0 aromatic heterocycles. The Kier molecular flexibility index (Phi) is 8.27. The summed E-state index contributed by atoms with van der Waals surface area (Å²) in [6, 6.07) is 22.1. The maximum absolute atomic E-state index is 6.13. The summed E-state index contributed by atoms with van der Waals surface area (Å²) in [6.07, 6.45) is 2.05. The van der Waals surface area contributed by atoms with Crippen LogP contribution in [-0.2, 0) is 13.1 Å². The van der Waals surface area contributed by atoms with Crippen molar-refractivity contribution in [1.29, 1.82) is 0 Å². The lowest BCUT2D eigenvalue weighted by Crippen LogP contribution is -2.27. The zero-order valence-corrected chi connectivity index (χ0v) is 19.8. The lowest BCUT2D eigenvalue weighted by Gasteiger charge is -2.26. The van der Waals surface area contributed by atoms with E-state index in [0.29, 0.717) is 0 Å². The number of aliphatic imine (C=N–C) groups is 1. The van der Waals surface area contributed by atoms with E-state index in [1.165, 1.54) is 11.1 Å². The van der Waals surface area contributed by atoms with E-state index >= 15 is 0 Å². The summed E-state index contributed by atoms with van der Waals surface area (Å²) in [4.78, 5) is 7.26. The van der Waals surface area contributed by atoms with E-state index in [1.807, 2.05) is 49.4 Å². The Bertz CT molecular complexity index is 971. The molecule has 31 heavy (non-hydrogen) atoms. The number of hydrogen-bond donors (Lipinski definition) is 0. The monoisotopic (exact) mass is 454 g/mol. The Morgan fingerprint density at radius 1 is 0.871 bits per heavy atom. The van der Waals surface area contributed by atoms with Crippen molar-refractivity contribution < 1.29 is 9.47 Å². The molecule has 0 amide bonds. The number of halogens is 1. The summed E-state index contributed by atoms with van der Waals surface area (Å²) >= 11 is 7.76. The standard InChI is InChI=1S/C25H27ClN2O2S/c1-18-15-21(26)9-14-24(18)27-25(31-4)28(16-19-5-10-22(29-2)11-6-19)17-20-7-12-23(30-3)13-8-20/h5-15H,16-17H2,1-4H3. The van der Waals surface area contributed by atoms with E-state index in [2.05, 4.69) is 35.4 Å². The van der Waals surface area contributed by atoms with Gasteiger partial charge in [-0.15, -0.1) is 0 Å². The zero-order valence-electron chi connectivity index (χ0n) is 18.3. The van der Waals surface area contributed by atoms with Gasteiger partial charge in [-0.25, -0.2) is 4.99 Å². The van der Waals surface area contributed by atoms with Crippen LogP contribution < -0.4 is 9.47 Å². The average molecular weight is 455 g/mol. The van der Waals surface area contributed by atoms with Gasteiger partial charge in [0.15, 0.2) is 5.17 Å². The van der Waals surface area contributed by atoms with Crippen LogP contribution in [0.3, 0.4) is 0 Å². The molecule has 0 saturated heterocycles. The molecule has 0 fully saturated rings. The highest BCUT2D eigenvalue weighted by Gasteiger charge is 2.14. The van der Waals surface area contributed by atoms with Crippen molar-refractivity contribution >= 4 is 34.2 Å². The minimum atomic E-state index is 0.718. The van der Waals surface area contributed by atoms with Gasteiger partial charge in [0.25, 0.3) is 0 Å². The largest absolute Gasteiger partial charge is 0.497 e. The fourth-order valence-electron chi connectivity index (χ4n) is 3.19. The van der Waals surface area contributed by atoms with Crippen molar-refractivity contribution in [2.75, 3.05) is 20.5 Å². The van der Waals surface area contributed by atoms with Gasteiger partial charge >= 0.3 is 0 Å². The van der Waals surface area contributed by atoms with Gasteiger partial charge in [-0.05, 0) is 72.3 Å². The maximum atomic E-state index is 6.13. The quantitative estimate of drug-likeness (QED) is 0.293. The van der Waals surface area contributed by atoms with Crippen molar-refractivity contribution in [3.8, 4) is 11.5 Å². The van der Waals surface area contributed by atoms with Crippen molar-refractivity contribution in [1.82, 2.24) is 4.90 Å². The van der Waals surface area contributed by atoms with Gasteiger partial charge in [0, 0.05) is 18.1 Å². The zero-order chi connectivity index (χ0) is 22.2. The SMILES string of the molecule is COc1ccc(CN(Cc2ccc(OC)cc2)C(=Nc2ccc(Cl)cc2C)SC)cc1. The molecule has 162 valence electrons. The van der Waals surface area contributed by atoms with E-state index in [0.717, 1.165) is 46.0 Å². The Morgan fingerprint density at radius 2 is 1.39 bits per heavy atom. The number of nitrogens with zero attached hydrogens (tertiary/aromatic N) is 2. The molecule has 0 bridgehead atoms. The van der Waals surface area contributed by atoms with Crippen LogP contribution in [0.2, 0.25) is 5.02 Å². The van der Waals surface area contributed by atoms with E-state index < -0.39 is 0 Å². The number of hydrogen-bond acceptors (Lipinski definition) is 4. The molecular formula is C25H27ClN2O2S. The summed E-state index contributed by atoms with van der Waals surface area (Å²) in [6.45, 7) is 3.48. The lowest BCUT2D eigenvalue weighted by atomic mass is 10.1. The Hall–Kier alpha value is -2.63. The Morgan fingerprint density at radius 3 is 1.81 bits per heavy atom. The van der Waals surface area contributed by atoms with Gasteiger partial charge in [0.1, 0.15) is 11.5 Å². The molecule has 3 aromatic rings. The molecule has 0 atom stereocenters. The Labute approximate surface area is 193 Å². The predicted molar refractivity (Wildman–Crippen MR) is 132 cm³/mol. The first kappa shape index (κ1) is 23.0. The first-order chi connectivity index (χ1) is 15.0. The molecule has 0 aliphatic heterocycles. The molecule has 0 aliphatic rings. The van der Waals surface area contributed by atoms with Crippen LogP contribution >= 0.6 is 23.4 Å². The number of methoxy groups -OCH3 is 2. The first-order valence-corrected chi connectivity index (χ1v) is 11.5. The number of amidine groups is 1. The molecule has 4 nitrogen and oxygen atoms in total. The highest BCUT2D eigenvalue weighted by atomic mass is 35.5. The van der Waals surface area contributed by atoms with Gasteiger partial charge in [0.05, 0.1) is 19.9 Å². The van der Waals surface area contributed by atoms with Crippen LogP contribution in [0.25, 0.3) is 0 Å². The van der Waals surface area contributed by atoms with Crippen LogP contribution in [0.5, 0.6) is 11.5 Å². The molecule has 0 unspecified atom stereocenters. The number of aryl methyl sites for hydroxylation is 1. The van der Waals surface area contributed by atoms with Crippen LogP contribution in [-0.4, -0.2) is 30.5 Å². The Balaban J connectivity index is 1.93. The second-order valence-corrected chi connectivity index (χ2v) is 8.29. The molecule has 6 heteroatoms. The van der Waals surface area contributed by atoms with Crippen LogP contribution in [0.15, 0.2) is 71.7 Å². The number of rotatable bonds is 7. The molecular weight excluding hydrogens is 428 g/mol. The van der Waals surface area contributed by atoms with Crippen LogP contribution in [0, 0.1) is 6.92 Å². The third-order valence-corrected chi connectivity index (χ3v) is 5.84. The highest BCUT2D eigenvalue weighted by Crippen LogP contribution is 2.26. The van der Waals surface area contributed by atoms with E-state index in [9.17, 15) is 0 Å². The van der Waals surface area contributed by atoms with Gasteiger partial charge in [0.2, 0.25) is 0 Å².